The molecule has 0 saturated carbocycles. The van der Waals surface area contributed by atoms with E-state index in [4.69, 9.17) is 5.11 Å². The van der Waals surface area contributed by atoms with Gasteiger partial charge in [0.05, 0.1) is 0 Å². The van der Waals surface area contributed by atoms with Gasteiger partial charge in [-0.1, -0.05) is 23.3 Å². The van der Waals surface area contributed by atoms with Crippen LogP contribution in [0.4, 0.5) is 0 Å². The third-order valence-corrected chi connectivity index (χ3v) is 2.21. The minimum absolute atomic E-state index is 0.114. The standard InChI is InChI=1S/C13H22O2/c1-10(2)6-5-7-11(3)8-9-13(15)12(4)14/h6,8,12,14H,5,7,9H2,1-4H3. The van der Waals surface area contributed by atoms with Gasteiger partial charge in [-0.15, -0.1) is 0 Å². The largest absolute Gasteiger partial charge is 0.386 e. The Kier molecular flexibility index (Phi) is 6.97. The summed E-state index contributed by atoms with van der Waals surface area (Å²) < 4.78 is 0. The van der Waals surface area contributed by atoms with Crippen LogP contribution in [0.3, 0.4) is 0 Å². The molecule has 86 valence electrons. The Bertz CT molecular complexity index is 256. The second-order valence-corrected chi connectivity index (χ2v) is 4.22. The number of aliphatic hydroxyl groups is 1. The van der Waals surface area contributed by atoms with Crippen LogP contribution in [-0.4, -0.2) is 17.0 Å². The lowest BCUT2D eigenvalue weighted by molar-refractivity contribution is -0.125. The molecule has 2 heteroatoms. The van der Waals surface area contributed by atoms with Crippen molar-refractivity contribution in [1.82, 2.24) is 0 Å². The highest BCUT2D eigenvalue weighted by molar-refractivity contribution is 5.83. The summed E-state index contributed by atoms with van der Waals surface area (Å²) in [6.07, 6.45) is 5.61. The van der Waals surface area contributed by atoms with Crippen molar-refractivity contribution in [3.8, 4) is 0 Å². The van der Waals surface area contributed by atoms with Crippen molar-refractivity contribution in [2.45, 2.75) is 53.1 Å². The van der Waals surface area contributed by atoms with Gasteiger partial charge in [0.25, 0.3) is 0 Å². The predicted molar refractivity (Wildman–Crippen MR) is 63.7 cm³/mol. The van der Waals surface area contributed by atoms with E-state index in [1.54, 1.807) is 0 Å². The topological polar surface area (TPSA) is 37.3 Å². The molecule has 0 aromatic rings. The number of allylic oxidation sites excluding steroid dienone is 4. The van der Waals surface area contributed by atoms with Crippen molar-refractivity contribution in [2.24, 2.45) is 0 Å². The molecule has 1 N–H and O–H groups in total. The zero-order chi connectivity index (χ0) is 11.8. The molecule has 0 rings (SSSR count). The van der Waals surface area contributed by atoms with Crippen LogP contribution in [-0.2, 0) is 4.79 Å². The van der Waals surface area contributed by atoms with Crippen molar-refractivity contribution in [2.75, 3.05) is 0 Å². The molecule has 0 spiro atoms. The highest BCUT2D eigenvalue weighted by Crippen LogP contribution is 2.08. The van der Waals surface area contributed by atoms with E-state index in [1.165, 1.54) is 18.1 Å². The number of aliphatic hydroxyl groups excluding tert-OH is 1. The summed E-state index contributed by atoms with van der Waals surface area (Å²) in [4.78, 5) is 11.1. The first-order valence-corrected chi connectivity index (χ1v) is 5.43. The normalized spacial score (nSPS) is 13.5. The fourth-order valence-electron chi connectivity index (χ4n) is 1.14. The number of hydrogen-bond donors (Lipinski definition) is 1. The lowest BCUT2D eigenvalue weighted by Crippen LogP contribution is -2.14. The van der Waals surface area contributed by atoms with Crippen LogP contribution in [0.1, 0.15) is 47.0 Å². The molecule has 0 saturated heterocycles. The van der Waals surface area contributed by atoms with Crippen LogP contribution in [0, 0.1) is 0 Å². The second kappa shape index (κ2) is 7.41. The average molecular weight is 210 g/mol. The number of rotatable bonds is 6. The van der Waals surface area contributed by atoms with Crippen LogP contribution >= 0.6 is 0 Å². The minimum atomic E-state index is -0.841. The second-order valence-electron chi connectivity index (χ2n) is 4.22. The van der Waals surface area contributed by atoms with Crippen molar-refractivity contribution in [1.29, 1.82) is 0 Å². The molecule has 15 heavy (non-hydrogen) atoms. The van der Waals surface area contributed by atoms with E-state index in [-0.39, 0.29) is 5.78 Å². The fourth-order valence-corrected chi connectivity index (χ4v) is 1.14. The first-order valence-electron chi connectivity index (χ1n) is 5.43. The Morgan fingerprint density at radius 3 is 2.33 bits per heavy atom. The third-order valence-electron chi connectivity index (χ3n) is 2.21. The molecule has 0 aliphatic rings. The predicted octanol–water partition coefficient (Wildman–Crippen LogP) is 3.02. The van der Waals surface area contributed by atoms with E-state index in [2.05, 4.69) is 19.9 Å². The maximum absolute atomic E-state index is 11.1. The van der Waals surface area contributed by atoms with Gasteiger partial charge in [0.2, 0.25) is 0 Å². The summed E-state index contributed by atoms with van der Waals surface area (Å²) in [5.74, 6) is -0.114. The molecule has 0 radical (unpaired) electrons. The maximum Gasteiger partial charge on any atom is 0.164 e. The summed E-state index contributed by atoms with van der Waals surface area (Å²) in [7, 11) is 0. The van der Waals surface area contributed by atoms with Gasteiger partial charge >= 0.3 is 0 Å². The van der Waals surface area contributed by atoms with E-state index < -0.39 is 6.10 Å². The monoisotopic (exact) mass is 210 g/mol. The summed E-state index contributed by atoms with van der Waals surface area (Å²) in [6, 6.07) is 0. The van der Waals surface area contributed by atoms with Crippen molar-refractivity contribution >= 4 is 5.78 Å². The van der Waals surface area contributed by atoms with E-state index >= 15 is 0 Å². The van der Waals surface area contributed by atoms with Crippen LogP contribution in [0.15, 0.2) is 23.3 Å². The smallest absolute Gasteiger partial charge is 0.164 e. The van der Waals surface area contributed by atoms with Crippen molar-refractivity contribution in [3.05, 3.63) is 23.3 Å². The first-order chi connectivity index (χ1) is 6.93. The first kappa shape index (κ1) is 14.1. The molecule has 0 aromatic carbocycles. The van der Waals surface area contributed by atoms with Crippen LogP contribution < -0.4 is 0 Å². The van der Waals surface area contributed by atoms with Gasteiger partial charge in [-0.25, -0.2) is 0 Å². The molecule has 0 fully saturated rings. The Labute approximate surface area is 92.7 Å². The van der Waals surface area contributed by atoms with Crippen molar-refractivity contribution in [3.63, 3.8) is 0 Å². The lowest BCUT2D eigenvalue weighted by atomic mass is 10.1. The highest BCUT2D eigenvalue weighted by atomic mass is 16.3. The molecule has 1 unspecified atom stereocenters. The van der Waals surface area contributed by atoms with Gasteiger partial charge in [-0.2, -0.15) is 0 Å². The Morgan fingerprint density at radius 2 is 1.87 bits per heavy atom. The minimum Gasteiger partial charge on any atom is -0.386 e. The zero-order valence-electron chi connectivity index (χ0n) is 10.2. The molecule has 1 atom stereocenters. The summed E-state index contributed by atoms with van der Waals surface area (Å²) in [5, 5.41) is 8.99. The molecular formula is C13H22O2. The number of ketones is 1. The lowest BCUT2D eigenvalue weighted by Gasteiger charge is -2.01. The zero-order valence-corrected chi connectivity index (χ0v) is 10.2. The highest BCUT2D eigenvalue weighted by Gasteiger charge is 2.05. The number of carbonyl (C=O) groups is 1. The third kappa shape index (κ3) is 8.13. The van der Waals surface area contributed by atoms with E-state index in [1.807, 2.05) is 13.0 Å². The van der Waals surface area contributed by atoms with Crippen LogP contribution in [0.2, 0.25) is 0 Å². The summed E-state index contributed by atoms with van der Waals surface area (Å²) in [6.45, 7) is 7.69. The molecule has 0 bridgehead atoms. The molecule has 2 nitrogen and oxygen atoms in total. The molecule has 0 aromatic heterocycles. The Balaban J connectivity index is 3.89. The number of carbonyl (C=O) groups excluding carboxylic acids is 1. The molecule has 0 aliphatic heterocycles. The SMILES string of the molecule is CC(C)=CCCC(C)=CCC(=O)C(C)O. The van der Waals surface area contributed by atoms with Gasteiger partial charge in [0, 0.05) is 6.42 Å². The summed E-state index contributed by atoms with van der Waals surface area (Å²) >= 11 is 0. The number of hydrogen-bond acceptors (Lipinski definition) is 2. The van der Waals surface area contributed by atoms with Gasteiger partial charge in [-0.3, -0.25) is 4.79 Å². The van der Waals surface area contributed by atoms with Crippen LogP contribution in [0.25, 0.3) is 0 Å². The quantitative estimate of drug-likeness (QED) is 0.684. The van der Waals surface area contributed by atoms with E-state index in [0.717, 1.165) is 12.8 Å². The number of Topliss-reactive ketones (excluding diaryl/α,β-unsaturated/α-hetero) is 1. The molecule has 0 amide bonds. The van der Waals surface area contributed by atoms with Crippen LogP contribution in [0.5, 0.6) is 0 Å². The van der Waals surface area contributed by atoms with Gasteiger partial charge in [0.1, 0.15) is 6.10 Å². The van der Waals surface area contributed by atoms with Gasteiger partial charge < -0.3 is 5.11 Å². The van der Waals surface area contributed by atoms with E-state index in [9.17, 15) is 4.79 Å². The van der Waals surface area contributed by atoms with E-state index in [0.29, 0.717) is 6.42 Å². The average Bonchev–Trinajstić information content (AvgIpc) is 2.13. The fraction of sp³-hybridized carbons (Fsp3) is 0.615. The van der Waals surface area contributed by atoms with Gasteiger partial charge in [0.15, 0.2) is 5.78 Å². The van der Waals surface area contributed by atoms with Crippen molar-refractivity contribution < 1.29 is 9.90 Å². The summed E-state index contributed by atoms with van der Waals surface area (Å²) in [5.41, 5.74) is 2.53. The maximum atomic E-state index is 11.1. The Hall–Kier alpha value is -0.890. The molecule has 0 heterocycles. The Morgan fingerprint density at radius 1 is 1.27 bits per heavy atom. The molecule has 0 aliphatic carbocycles. The molecular weight excluding hydrogens is 188 g/mol. The van der Waals surface area contributed by atoms with Gasteiger partial charge in [-0.05, 0) is 40.5 Å².